The van der Waals surface area contributed by atoms with Crippen molar-refractivity contribution < 1.29 is 0 Å². The first kappa shape index (κ1) is 31.3. The van der Waals surface area contributed by atoms with Gasteiger partial charge in [-0.2, -0.15) is 0 Å². The minimum atomic E-state index is 0.218. The van der Waals surface area contributed by atoms with Crippen molar-refractivity contribution in [1.29, 1.82) is 0 Å². The Bertz CT molecular complexity index is 602. The quantitative estimate of drug-likeness (QED) is 0.187. The Morgan fingerprint density at radius 3 is 1.09 bits per heavy atom. The summed E-state index contributed by atoms with van der Waals surface area (Å²) in [5.41, 5.74) is 6.79. The number of benzene rings is 1. The molecule has 0 radical (unpaired) electrons. The van der Waals surface area contributed by atoms with Gasteiger partial charge in [-0.15, -0.1) is 0 Å². The highest BCUT2D eigenvalue weighted by molar-refractivity contribution is 5.46. The van der Waals surface area contributed by atoms with Crippen LogP contribution < -0.4 is 0 Å². The van der Waals surface area contributed by atoms with Gasteiger partial charge in [-0.05, 0) is 52.3 Å². The third-order valence-corrected chi connectivity index (χ3v) is 7.61. The zero-order chi connectivity index (χ0) is 25.5. The molecular weight excluding hydrogens is 408 g/mol. The molecule has 0 unspecified atom stereocenters. The van der Waals surface area contributed by atoms with Crippen LogP contribution in [0.3, 0.4) is 0 Å². The molecule has 0 aromatic heterocycles. The predicted molar refractivity (Wildman–Crippen MR) is 156 cm³/mol. The van der Waals surface area contributed by atoms with E-state index in [1.54, 1.807) is 16.7 Å². The summed E-state index contributed by atoms with van der Waals surface area (Å²) in [7, 11) is 0. The topological polar surface area (TPSA) is 0 Å². The smallest absolute Gasteiger partial charge is 0.0129 e. The predicted octanol–water partition coefficient (Wildman–Crippen LogP) is 11.6. The normalized spacial score (nSPS) is 12.5. The highest BCUT2D eigenvalue weighted by atomic mass is 14.3. The Balaban J connectivity index is 2.29. The minimum Gasteiger partial charge on any atom is -0.0654 e. The van der Waals surface area contributed by atoms with E-state index in [4.69, 9.17) is 0 Å². The average molecular weight is 471 g/mol. The summed E-state index contributed by atoms with van der Waals surface area (Å²) in [4.78, 5) is 0. The maximum Gasteiger partial charge on any atom is -0.0129 e. The van der Waals surface area contributed by atoms with Crippen LogP contribution in [-0.4, -0.2) is 0 Å². The van der Waals surface area contributed by atoms with E-state index in [2.05, 4.69) is 67.5 Å². The van der Waals surface area contributed by atoms with Crippen LogP contribution in [0, 0.1) is 0 Å². The SMILES string of the molecule is CCCCCCCCCCCCCCCCCCc1c(C(C)(C)C)cc(CC)cc1C(C)(C)C. The molecule has 0 heterocycles. The van der Waals surface area contributed by atoms with Crippen molar-refractivity contribution in [2.45, 2.75) is 182 Å². The van der Waals surface area contributed by atoms with Gasteiger partial charge in [-0.1, -0.05) is 164 Å². The van der Waals surface area contributed by atoms with Crippen molar-refractivity contribution in [1.82, 2.24) is 0 Å². The molecule has 198 valence electrons. The summed E-state index contributed by atoms with van der Waals surface area (Å²) in [6, 6.07) is 5.02. The number of hydrogen-bond donors (Lipinski definition) is 0. The van der Waals surface area contributed by atoms with Crippen molar-refractivity contribution >= 4 is 0 Å². The van der Waals surface area contributed by atoms with E-state index in [9.17, 15) is 0 Å². The van der Waals surface area contributed by atoms with Gasteiger partial charge in [0, 0.05) is 0 Å². The molecule has 0 aliphatic rings. The van der Waals surface area contributed by atoms with Gasteiger partial charge in [0.25, 0.3) is 0 Å². The first-order chi connectivity index (χ1) is 16.1. The molecule has 1 aromatic carbocycles. The van der Waals surface area contributed by atoms with Crippen LogP contribution in [0.25, 0.3) is 0 Å². The Kier molecular flexibility index (Phi) is 15.5. The van der Waals surface area contributed by atoms with Crippen molar-refractivity contribution in [2.75, 3.05) is 0 Å². The number of rotatable bonds is 18. The van der Waals surface area contributed by atoms with Crippen LogP contribution in [0.2, 0.25) is 0 Å². The monoisotopic (exact) mass is 470 g/mol. The molecule has 1 aromatic rings. The Morgan fingerprint density at radius 1 is 0.471 bits per heavy atom. The molecule has 0 N–H and O–H groups in total. The Labute approximate surface area is 216 Å². The van der Waals surface area contributed by atoms with E-state index in [1.165, 1.54) is 115 Å². The zero-order valence-electron chi connectivity index (χ0n) is 24.9. The summed E-state index contributed by atoms with van der Waals surface area (Å²) < 4.78 is 0. The van der Waals surface area contributed by atoms with Gasteiger partial charge in [0.1, 0.15) is 0 Å². The van der Waals surface area contributed by atoms with E-state index in [-0.39, 0.29) is 10.8 Å². The molecule has 0 spiro atoms. The van der Waals surface area contributed by atoms with E-state index < -0.39 is 0 Å². The fourth-order valence-electron chi connectivity index (χ4n) is 5.39. The molecule has 0 saturated heterocycles. The van der Waals surface area contributed by atoms with Crippen molar-refractivity contribution in [3.8, 4) is 0 Å². The fourth-order valence-corrected chi connectivity index (χ4v) is 5.39. The molecule has 0 bridgehead atoms. The van der Waals surface area contributed by atoms with Gasteiger partial charge >= 0.3 is 0 Å². The third-order valence-electron chi connectivity index (χ3n) is 7.61. The minimum absolute atomic E-state index is 0.218. The molecule has 34 heavy (non-hydrogen) atoms. The number of aryl methyl sites for hydroxylation is 1. The second-order valence-electron chi connectivity index (χ2n) is 13.1. The van der Waals surface area contributed by atoms with Gasteiger partial charge in [0.15, 0.2) is 0 Å². The van der Waals surface area contributed by atoms with Crippen molar-refractivity contribution in [3.63, 3.8) is 0 Å². The van der Waals surface area contributed by atoms with Crippen LogP contribution in [-0.2, 0) is 23.7 Å². The maximum atomic E-state index is 2.51. The molecule has 0 saturated carbocycles. The highest BCUT2D eigenvalue weighted by Crippen LogP contribution is 2.36. The standard InChI is InChI=1S/C34H62/c1-9-11-12-13-14-15-16-17-18-19-20-21-22-23-24-25-26-30-31(33(3,4)5)27-29(10-2)28-32(30)34(6,7)8/h27-28H,9-26H2,1-8H3. The second-order valence-corrected chi connectivity index (χ2v) is 13.1. The van der Waals surface area contributed by atoms with Crippen LogP contribution in [0.15, 0.2) is 12.1 Å². The Morgan fingerprint density at radius 2 is 0.794 bits per heavy atom. The lowest BCUT2D eigenvalue weighted by Crippen LogP contribution is -2.22. The molecule has 0 fully saturated rings. The summed E-state index contributed by atoms with van der Waals surface area (Å²) in [6.45, 7) is 19.0. The first-order valence-electron chi connectivity index (χ1n) is 15.3. The maximum absolute atomic E-state index is 2.51. The summed E-state index contributed by atoms with van der Waals surface area (Å²) in [6.07, 6.45) is 25.4. The van der Waals surface area contributed by atoms with E-state index in [0.717, 1.165) is 6.42 Å². The van der Waals surface area contributed by atoms with Gasteiger partial charge in [0.2, 0.25) is 0 Å². The van der Waals surface area contributed by atoms with Crippen LogP contribution in [0.1, 0.15) is 180 Å². The molecule has 0 aliphatic heterocycles. The lowest BCUT2D eigenvalue weighted by atomic mass is 9.74. The number of hydrogen-bond acceptors (Lipinski definition) is 0. The first-order valence-corrected chi connectivity index (χ1v) is 15.3. The Hall–Kier alpha value is -0.780. The lowest BCUT2D eigenvalue weighted by molar-refractivity contribution is 0.525. The molecule has 0 aliphatic carbocycles. The molecule has 1 rings (SSSR count). The molecular formula is C34H62. The summed E-state index contributed by atoms with van der Waals surface area (Å²) >= 11 is 0. The second kappa shape index (κ2) is 16.8. The lowest BCUT2D eigenvalue weighted by Gasteiger charge is -2.31. The van der Waals surface area contributed by atoms with E-state index in [1.807, 2.05) is 0 Å². The van der Waals surface area contributed by atoms with Crippen molar-refractivity contribution in [2.24, 2.45) is 0 Å². The summed E-state index contributed by atoms with van der Waals surface area (Å²) in [5, 5.41) is 0. The molecule has 0 atom stereocenters. The van der Waals surface area contributed by atoms with Crippen molar-refractivity contribution in [3.05, 3.63) is 34.4 Å². The van der Waals surface area contributed by atoms with E-state index in [0.29, 0.717) is 0 Å². The molecule has 0 nitrogen and oxygen atoms in total. The fraction of sp³-hybridized carbons (Fsp3) is 0.824. The number of unbranched alkanes of at least 4 members (excludes halogenated alkanes) is 15. The van der Waals surface area contributed by atoms with Crippen LogP contribution >= 0.6 is 0 Å². The van der Waals surface area contributed by atoms with Gasteiger partial charge in [0.05, 0.1) is 0 Å². The zero-order valence-corrected chi connectivity index (χ0v) is 24.9. The van der Waals surface area contributed by atoms with Crippen LogP contribution in [0.4, 0.5) is 0 Å². The highest BCUT2D eigenvalue weighted by Gasteiger charge is 2.25. The van der Waals surface area contributed by atoms with E-state index >= 15 is 0 Å². The summed E-state index contributed by atoms with van der Waals surface area (Å²) in [5.74, 6) is 0. The average Bonchev–Trinajstić information content (AvgIpc) is 2.77. The third kappa shape index (κ3) is 12.8. The molecule has 0 amide bonds. The molecule has 0 heteroatoms. The van der Waals surface area contributed by atoms with Crippen LogP contribution in [0.5, 0.6) is 0 Å². The largest absolute Gasteiger partial charge is 0.0654 e. The van der Waals surface area contributed by atoms with Gasteiger partial charge < -0.3 is 0 Å². The van der Waals surface area contributed by atoms with Gasteiger partial charge in [-0.3, -0.25) is 0 Å². The van der Waals surface area contributed by atoms with Gasteiger partial charge in [-0.25, -0.2) is 0 Å².